The van der Waals surface area contributed by atoms with E-state index in [-0.39, 0.29) is 37.1 Å². The standard InChI is InChI=1S/C33H50O11/c1-16(2)18-8-10-30(4)12-20-19(9-11-32(20,36)15-38-7)17(3)24(34)26(23(18)30)41-28-25(35)27-33(22(40-28)13-37-6)43-29(42-27)31(5,44-33)21-14-39-21/h12,16-17,19,21-22,24-29,34-36H,8-11,13-15H2,1-7H3/t17-,19+,21+,22?,24-,25?,26-,27?,28-,29?,30-,31?,32+,33+/m1/s1. The Balaban J connectivity index is 1.25. The number of ether oxygens (including phenoxy) is 8. The van der Waals surface area contributed by atoms with E-state index in [1.54, 1.807) is 14.2 Å². The number of epoxide rings is 1. The smallest absolute Gasteiger partial charge is 0.230 e. The fraction of sp³-hybridized carbons (Fsp3) is 0.879. The van der Waals surface area contributed by atoms with Crippen molar-refractivity contribution < 1.29 is 53.2 Å². The van der Waals surface area contributed by atoms with Gasteiger partial charge in [-0.25, -0.2) is 0 Å². The first-order valence-corrected chi connectivity index (χ1v) is 16.3. The summed E-state index contributed by atoms with van der Waals surface area (Å²) in [6.45, 7) is 11.3. The lowest BCUT2D eigenvalue weighted by Crippen LogP contribution is -2.70. The molecule has 4 heterocycles. The normalized spacial score (nSPS) is 52.9. The van der Waals surface area contributed by atoms with Gasteiger partial charge in [0, 0.05) is 19.6 Å². The molecule has 0 aromatic heterocycles. The molecule has 0 aromatic rings. The first-order chi connectivity index (χ1) is 20.8. The van der Waals surface area contributed by atoms with Crippen molar-refractivity contribution in [3.63, 3.8) is 0 Å². The summed E-state index contributed by atoms with van der Waals surface area (Å²) < 4.78 is 49.0. The molecule has 3 N–H and O–H groups in total. The average Bonchev–Trinajstić information content (AvgIpc) is 3.48. The van der Waals surface area contributed by atoms with Crippen LogP contribution in [-0.4, -0.2) is 116 Å². The van der Waals surface area contributed by atoms with E-state index < -0.39 is 65.5 Å². The van der Waals surface area contributed by atoms with Crippen LogP contribution in [0.1, 0.15) is 60.3 Å². The van der Waals surface area contributed by atoms with E-state index in [0.29, 0.717) is 13.0 Å². The van der Waals surface area contributed by atoms with Crippen LogP contribution in [0.4, 0.5) is 0 Å². The minimum absolute atomic E-state index is 0.0440. The zero-order valence-electron chi connectivity index (χ0n) is 27.0. The molecule has 11 nitrogen and oxygen atoms in total. The number of fused-ring (bicyclic) bond motifs is 3. The number of allylic oxidation sites excluding steroid dienone is 2. The Morgan fingerprint density at radius 3 is 2.48 bits per heavy atom. The molecule has 7 aliphatic rings. The number of methoxy groups -OCH3 is 2. The zero-order valence-corrected chi connectivity index (χ0v) is 27.0. The second-order valence-corrected chi connectivity index (χ2v) is 14.9. The topological polar surface area (TPSA) is 138 Å². The molecule has 1 saturated carbocycles. The van der Waals surface area contributed by atoms with E-state index >= 15 is 0 Å². The van der Waals surface area contributed by atoms with E-state index in [4.69, 9.17) is 37.9 Å². The summed E-state index contributed by atoms with van der Waals surface area (Å²) in [6.07, 6.45) is -1.41. The van der Waals surface area contributed by atoms with E-state index in [2.05, 4.69) is 26.8 Å². The molecule has 3 aliphatic carbocycles. The molecule has 4 saturated heterocycles. The van der Waals surface area contributed by atoms with Crippen LogP contribution in [0.25, 0.3) is 0 Å². The third-order valence-corrected chi connectivity index (χ3v) is 11.7. The van der Waals surface area contributed by atoms with Gasteiger partial charge in [0.1, 0.15) is 41.7 Å². The maximum atomic E-state index is 12.2. The van der Waals surface area contributed by atoms with Crippen LogP contribution in [0.15, 0.2) is 22.8 Å². The highest BCUT2D eigenvalue weighted by atomic mass is 16.9. The van der Waals surface area contributed by atoms with Crippen LogP contribution in [0.3, 0.4) is 0 Å². The van der Waals surface area contributed by atoms with Crippen LogP contribution >= 0.6 is 0 Å². The molecule has 44 heavy (non-hydrogen) atoms. The van der Waals surface area contributed by atoms with Crippen LogP contribution in [0, 0.1) is 23.2 Å². The number of aliphatic hydroxyl groups excluding tert-OH is 2. The van der Waals surface area contributed by atoms with Gasteiger partial charge in [-0.2, -0.15) is 0 Å². The summed E-state index contributed by atoms with van der Waals surface area (Å²) in [5, 5.41) is 35.7. The van der Waals surface area contributed by atoms with Crippen LogP contribution in [0.5, 0.6) is 0 Å². The summed E-state index contributed by atoms with van der Waals surface area (Å²) in [5.74, 6) is -1.45. The third kappa shape index (κ3) is 4.49. The minimum atomic E-state index is -1.38. The maximum absolute atomic E-state index is 12.2. The van der Waals surface area contributed by atoms with Gasteiger partial charge in [0.15, 0.2) is 12.6 Å². The fourth-order valence-electron chi connectivity index (χ4n) is 9.18. The number of rotatable bonds is 8. The van der Waals surface area contributed by atoms with E-state index in [9.17, 15) is 15.3 Å². The molecule has 14 atom stereocenters. The predicted molar refractivity (Wildman–Crippen MR) is 155 cm³/mol. The molecular formula is C33H50O11. The third-order valence-electron chi connectivity index (χ3n) is 11.7. The monoisotopic (exact) mass is 622 g/mol. The predicted octanol–water partition coefficient (Wildman–Crippen LogP) is 2.21. The molecule has 0 radical (unpaired) electrons. The summed E-state index contributed by atoms with van der Waals surface area (Å²) in [5.41, 5.74) is 0.814. The van der Waals surface area contributed by atoms with Crippen LogP contribution in [0.2, 0.25) is 0 Å². The highest BCUT2D eigenvalue weighted by molar-refractivity contribution is 5.42. The molecule has 1 spiro atoms. The maximum Gasteiger partial charge on any atom is 0.230 e. The Bertz CT molecular complexity index is 1200. The zero-order chi connectivity index (χ0) is 31.4. The van der Waals surface area contributed by atoms with E-state index in [0.717, 1.165) is 30.4 Å². The summed E-state index contributed by atoms with van der Waals surface area (Å²) >= 11 is 0. The summed E-state index contributed by atoms with van der Waals surface area (Å²) in [7, 11) is 3.19. The van der Waals surface area contributed by atoms with Crippen LogP contribution < -0.4 is 0 Å². The number of aliphatic hydroxyl groups is 3. The molecule has 7 rings (SSSR count). The Hall–Kier alpha value is -0.960. The van der Waals surface area contributed by atoms with Crippen molar-refractivity contribution in [2.45, 2.75) is 126 Å². The first-order valence-electron chi connectivity index (χ1n) is 16.3. The van der Waals surface area contributed by atoms with E-state index in [1.807, 2.05) is 13.8 Å². The molecule has 2 bridgehead atoms. The Morgan fingerprint density at radius 2 is 1.82 bits per heavy atom. The molecule has 0 aromatic carbocycles. The Kier molecular flexibility index (Phi) is 7.75. The fourth-order valence-corrected chi connectivity index (χ4v) is 9.18. The van der Waals surface area contributed by atoms with Gasteiger partial charge in [-0.3, -0.25) is 0 Å². The van der Waals surface area contributed by atoms with Crippen LogP contribution in [-0.2, 0) is 37.9 Å². The van der Waals surface area contributed by atoms with Gasteiger partial charge < -0.3 is 53.2 Å². The average molecular weight is 623 g/mol. The molecule has 11 heteroatoms. The van der Waals surface area contributed by atoms with Crippen molar-refractivity contribution in [2.75, 3.05) is 34.0 Å². The highest BCUT2D eigenvalue weighted by Gasteiger charge is 2.77. The minimum Gasteiger partial charge on any atom is -0.390 e. The van der Waals surface area contributed by atoms with Crippen molar-refractivity contribution in [1.82, 2.24) is 0 Å². The second kappa shape index (κ2) is 10.8. The van der Waals surface area contributed by atoms with Crippen molar-refractivity contribution in [3.05, 3.63) is 22.8 Å². The lowest BCUT2D eigenvalue weighted by molar-refractivity contribution is -0.385. The molecule has 248 valence electrons. The summed E-state index contributed by atoms with van der Waals surface area (Å²) in [6, 6.07) is 0. The lowest BCUT2D eigenvalue weighted by atomic mass is 9.68. The molecule has 5 unspecified atom stereocenters. The molecule has 4 aliphatic heterocycles. The molecular weight excluding hydrogens is 572 g/mol. The van der Waals surface area contributed by atoms with Crippen molar-refractivity contribution >= 4 is 0 Å². The van der Waals surface area contributed by atoms with Gasteiger partial charge in [-0.05, 0) is 61.5 Å². The molecule has 5 fully saturated rings. The van der Waals surface area contributed by atoms with Crippen molar-refractivity contribution in [2.24, 2.45) is 23.2 Å². The Labute approximate surface area is 259 Å². The van der Waals surface area contributed by atoms with Gasteiger partial charge in [-0.15, -0.1) is 0 Å². The Morgan fingerprint density at radius 1 is 1.07 bits per heavy atom. The van der Waals surface area contributed by atoms with Gasteiger partial charge in [0.2, 0.25) is 5.79 Å². The van der Waals surface area contributed by atoms with E-state index in [1.165, 1.54) is 5.57 Å². The first kappa shape index (κ1) is 31.6. The van der Waals surface area contributed by atoms with Gasteiger partial charge in [0.25, 0.3) is 0 Å². The molecule has 0 amide bonds. The number of hydrogen-bond acceptors (Lipinski definition) is 11. The summed E-state index contributed by atoms with van der Waals surface area (Å²) in [4.78, 5) is 0. The van der Waals surface area contributed by atoms with Crippen molar-refractivity contribution in [3.8, 4) is 0 Å². The SMILES string of the molecule is COCC1O[C@H](O[C@@H]2C3=C(C(C)C)CC[C@]3(C)C=C3[C@@H](CC[C@]3(O)COC)[C@@H](C)[C@H]2O)C(O)C2OC3O[C@]12OC3(C)[C@@H]1CO1. The quantitative estimate of drug-likeness (QED) is 0.271. The lowest BCUT2D eigenvalue weighted by Gasteiger charge is -2.50. The van der Waals surface area contributed by atoms with Crippen molar-refractivity contribution in [1.29, 1.82) is 0 Å². The second-order valence-electron chi connectivity index (χ2n) is 14.9. The highest BCUT2D eigenvalue weighted by Crippen LogP contribution is 2.59. The van der Waals surface area contributed by atoms with Gasteiger partial charge in [-0.1, -0.05) is 39.3 Å². The number of hydrogen-bond donors (Lipinski definition) is 3. The largest absolute Gasteiger partial charge is 0.390 e. The van der Waals surface area contributed by atoms with Gasteiger partial charge >= 0.3 is 0 Å². The van der Waals surface area contributed by atoms with Gasteiger partial charge in [0.05, 0.1) is 25.9 Å².